The van der Waals surface area contributed by atoms with E-state index < -0.39 is 14.9 Å². The summed E-state index contributed by atoms with van der Waals surface area (Å²) in [5.41, 5.74) is 0.160. The Hall–Kier alpha value is -1.98. The first-order chi connectivity index (χ1) is 8.88. The van der Waals surface area contributed by atoms with Crippen LogP contribution in [0.5, 0.6) is 0 Å². The molecule has 0 saturated carbocycles. The largest absolute Gasteiger partial charge is 0.273 e. The van der Waals surface area contributed by atoms with E-state index in [0.29, 0.717) is 12.0 Å². The lowest BCUT2D eigenvalue weighted by molar-refractivity contribution is -0.385. The number of benzene rings is 1. The highest BCUT2D eigenvalue weighted by Crippen LogP contribution is 2.21. The summed E-state index contributed by atoms with van der Waals surface area (Å²) in [7, 11) is -3.78. The van der Waals surface area contributed by atoms with Crippen molar-refractivity contribution < 1.29 is 13.3 Å². The van der Waals surface area contributed by atoms with Gasteiger partial charge in [0.1, 0.15) is 0 Å². The van der Waals surface area contributed by atoms with Crippen molar-refractivity contribution in [2.75, 3.05) is 6.54 Å². The molecule has 0 aliphatic carbocycles. The first kappa shape index (κ1) is 15.1. The van der Waals surface area contributed by atoms with Crippen molar-refractivity contribution in [1.82, 2.24) is 4.72 Å². The maximum atomic E-state index is 11.9. The lowest BCUT2D eigenvalue weighted by Crippen LogP contribution is -2.24. The molecule has 0 unspecified atom stereocenters. The van der Waals surface area contributed by atoms with Crippen molar-refractivity contribution in [3.05, 3.63) is 33.9 Å². The van der Waals surface area contributed by atoms with Crippen LogP contribution < -0.4 is 4.72 Å². The van der Waals surface area contributed by atoms with Crippen molar-refractivity contribution in [2.45, 2.75) is 24.7 Å². The van der Waals surface area contributed by atoms with Gasteiger partial charge in [0.15, 0.2) is 0 Å². The van der Waals surface area contributed by atoms with E-state index >= 15 is 0 Å². The zero-order valence-electron chi connectivity index (χ0n) is 10.3. The molecule has 7 nitrogen and oxygen atoms in total. The molecule has 0 atom stereocenters. The summed E-state index contributed by atoms with van der Waals surface area (Å²) in [5, 5.41) is 19.1. The van der Waals surface area contributed by atoms with Crippen molar-refractivity contribution in [1.29, 1.82) is 5.26 Å². The number of aryl methyl sites for hydroxylation is 1. The molecule has 19 heavy (non-hydrogen) atoms. The molecule has 1 N–H and O–H groups in total. The lowest BCUT2D eigenvalue weighted by Gasteiger charge is -2.06. The fourth-order valence-electron chi connectivity index (χ4n) is 1.41. The first-order valence-corrected chi connectivity index (χ1v) is 6.98. The highest BCUT2D eigenvalue weighted by Gasteiger charge is 2.19. The Morgan fingerprint density at radius 3 is 2.74 bits per heavy atom. The number of nitrogens with zero attached hydrogens (tertiary/aromatic N) is 2. The minimum atomic E-state index is -3.78. The van der Waals surface area contributed by atoms with E-state index in [2.05, 4.69) is 4.72 Å². The standard InChI is InChI=1S/C11H13N3O4S/c1-9-4-5-10(8-11(9)14(15)16)19(17,18)13-7-3-2-6-12/h4-5,8,13H,2-3,7H2,1H3. The Morgan fingerprint density at radius 1 is 1.47 bits per heavy atom. The van der Waals surface area contributed by atoms with E-state index in [9.17, 15) is 18.5 Å². The van der Waals surface area contributed by atoms with Gasteiger partial charge in [-0.1, -0.05) is 6.07 Å². The van der Waals surface area contributed by atoms with E-state index in [1.165, 1.54) is 19.1 Å². The zero-order chi connectivity index (χ0) is 14.5. The topological polar surface area (TPSA) is 113 Å². The van der Waals surface area contributed by atoms with Crippen molar-refractivity contribution >= 4 is 15.7 Å². The van der Waals surface area contributed by atoms with Gasteiger partial charge in [-0.2, -0.15) is 5.26 Å². The van der Waals surface area contributed by atoms with Gasteiger partial charge >= 0.3 is 0 Å². The monoisotopic (exact) mass is 283 g/mol. The van der Waals surface area contributed by atoms with E-state index in [1.807, 2.05) is 6.07 Å². The zero-order valence-corrected chi connectivity index (χ0v) is 11.1. The quantitative estimate of drug-likeness (QED) is 0.482. The molecular formula is C11H13N3O4S. The fourth-order valence-corrected chi connectivity index (χ4v) is 2.50. The molecule has 0 aromatic heterocycles. The molecule has 0 aliphatic heterocycles. The van der Waals surface area contributed by atoms with Crippen LogP contribution in [0.1, 0.15) is 18.4 Å². The fraction of sp³-hybridized carbons (Fsp3) is 0.364. The van der Waals surface area contributed by atoms with Crippen LogP contribution in [-0.4, -0.2) is 19.9 Å². The summed E-state index contributed by atoms with van der Waals surface area (Å²) in [6.45, 7) is 1.66. The summed E-state index contributed by atoms with van der Waals surface area (Å²) in [6, 6.07) is 5.64. The van der Waals surface area contributed by atoms with Gasteiger partial charge in [0.05, 0.1) is 15.9 Å². The SMILES string of the molecule is Cc1ccc(S(=O)(=O)NCCCC#N)cc1[N+](=O)[O-]. The Bertz CT molecular complexity index is 619. The second-order valence-corrected chi connectivity index (χ2v) is 5.63. The van der Waals surface area contributed by atoms with E-state index in [-0.39, 0.29) is 23.5 Å². The molecule has 0 aliphatic rings. The second kappa shape index (κ2) is 6.26. The molecule has 0 bridgehead atoms. The first-order valence-electron chi connectivity index (χ1n) is 5.50. The normalized spacial score (nSPS) is 10.9. The van der Waals surface area contributed by atoms with E-state index in [4.69, 9.17) is 5.26 Å². The van der Waals surface area contributed by atoms with Crippen molar-refractivity contribution in [3.8, 4) is 6.07 Å². The molecule has 0 saturated heterocycles. The highest BCUT2D eigenvalue weighted by molar-refractivity contribution is 7.89. The molecule has 0 amide bonds. The Labute approximate surface area is 111 Å². The molecule has 1 aromatic rings. The van der Waals surface area contributed by atoms with Gasteiger partial charge in [0.2, 0.25) is 10.0 Å². The number of rotatable bonds is 6. The van der Waals surface area contributed by atoms with Crippen LogP contribution in [0.25, 0.3) is 0 Å². The van der Waals surface area contributed by atoms with Crippen LogP contribution >= 0.6 is 0 Å². The summed E-state index contributed by atoms with van der Waals surface area (Å²) in [4.78, 5) is 9.98. The van der Waals surface area contributed by atoms with Crippen molar-refractivity contribution in [2.24, 2.45) is 0 Å². The minimum absolute atomic E-state index is 0.123. The predicted octanol–water partition coefficient (Wildman–Crippen LogP) is 1.49. The number of nitriles is 1. The van der Waals surface area contributed by atoms with Gasteiger partial charge in [-0.3, -0.25) is 10.1 Å². The highest BCUT2D eigenvalue weighted by atomic mass is 32.2. The van der Waals surface area contributed by atoms with Gasteiger partial charge in [0.25, 0.3) is 5.69 Å². The maximum absolute atomic E-state index is 11.9. The van der Waals surface area contributed by atoms with Gasteiger partial charge in [0, 0.05) is 24.6 Å². The molecular weight excluding hydrogens is 270 g/mol. The van der Waals surface area contributed by atoms with Crippen LogP contribution in [0, 0.1) is 28.4 Å². The molecule has 0 fully saturated rings. The van der Waals surface area contributed by atoms with Crippen LogP contribution in [0.3, 0.4) is 0 Å². The lowest BCUT2D eigenvalue weighted by atomic mass is 10.2. The molecule has 0 radical (unpaired) electrons. The number of hydrogen-bond donors (Lipinski definition) is 1. The Morgan fingerprint density at radius 2 is 2.16 bits per heavy atom. The third kappa shape index (κ3) is 4.01. The third-order valence-corrected chi connectivity index (χ3v) is 3.90. The molecule has 8 heteroatoms. The average molecular weight is 283 g/mol. The molecule has 0 spiro atoms. The average Bonchev–Trinajstić information content (AvgIpc) is 2.34. The molecule has 1 rings (SSSR count). The van der Waals surface area contributed by atoms with Crippen LogP contribution in [0.15, 0.2) is 23.1 Å². The summed E-state index contributed by atoms with van der Waals surface area (Å²) >= 11 is 0. The predicted molar refractivity (Wildman–Crippen MR) is 67.9 cm³/mol. The minimum Gasteiger partial charge on any atom is -0.258 e. The smallest absolute Gasteiger partial charge is 0.258 e. The molecule has 102 valence electrons. The number of hydrogen-bond acceptors (Lipinski definition) is 5. The maximum Gasteiger partial charge on any atom is 0.273 e. The Balaban J connectivity index is 2.93. The number of nitro groups is 1. The second-order valence-electron chi connectivity index (χ2n) is 3.86. The summed E-state index contributed by atoms with van der Waals surface area (Å²) in [6.07, 6.45) is 0.639. The number of nitrogens with one attached hydrogen (secondary N) is 1. The summed E-state index contributed by atoms with van der Waals surface area (Å²) < 4.78 is 26.0. The van der Waals surface area contributed by atoms with Crippen LogP contribution in [0.2, 0.25) is 0 Å². The number of unbranched alkanes of at least 4 members (excludes halogenated alkanes) is 1. The van der Waals surface area contributed by atoms with Crippen LogP contribution in [0.4, 0.5) is 5.69 Å². The molecule has 0 heterocycles. The van der Waals surface area contributed by atoms with Gasteiger partial charge in [-0.05, 0) is 19.4 Å². The van der Waals surface area contributed by atoms with E-state index in [0.717, 1.165) is 6.07 Å². The van der Waals surface area contributed by atoms with Crippen LogP contribution in [-0.2, 0) is 10.0 Å². The van der Waals surface area contributed by atoms with Gasteiger partial charge in [-0.25, -0.2) is 13.1 Å². The third-order valence-electron chi connectivity index (χ3n) is 2.45. The van der Waals surface area contributed by atoms with Gasteiger partial charge < -0.3 is 0 Å². The Kier molecular flexibility index (Phi) is 4.97. The number of sulfonamides is 1. The number of nitro benzene ring substituents is 1. The van der Waals surface area contributed by atoms with Gasteiger partial charge in [-0.15, -0.1) is 0 Å². The summed E-state index contributed by atoms with van der Waals surface area (Å²) in [5.74, 6) is 0. The van der Waals surface area contributed by atoms with Crippen molar-refractivity contribution in [3.63, 3.8) is 0 Å². The molecule has 1 aromatic carbocycles. The van der Waals surface area contributed by atoms with E-state index in [1.54, 1.807) is 0 Å².